The van der Waals surface area contributed by atoms with Crippen molar-refractivity contribution in [1.82, 2.24) is 9.13 Å². The number of nitrogen functional groups attached to an aromatic ring is 1. The molecule has 2 rings (SSSR count). The first-order chi connectivity index (χ1) is 8.50. The summed E-state index contributed by atoms with van der Waals surface area (Å²) >= 11 is 0. The third kappa shape index (κ3) is 2.07. The molecule has 0 saturated carbocycles. The Bertz CT molecular complexity index is 664. The summed E-state index contributed by atoms with van der Waals surface area (Å²) in [7, 11) is 1.58. The van der Waals surface area contributed by atoms with Gasteiger partial charge in [-0.05, 0) is 18.1 Å². The maximum absolute atomic E-state index is 11.9. The van der Waals surface area contributed by atoms with Crippen molar-refractivity contribution in [3.8, 4) is 0 Å². The largest absolute Gasteiger partial charge is 0.393 e. The third-order valence-corrected chi connectivity index (χ3v) is 2.95. The summed E-state index contributed by atoms with van der Waals surface area (Å²) in [6.07, 6.45) is 1.35. The average molecular weight is 245 g/mol. The molecule has 5 nitrogen and oxygen atoms in total. The molecule has 0 bridgehead atoms. The monoisotopic (exact) mass is 245 g/mol. The van der Waals surface area contributed by atoms with Gasteiger partial charge in [-0.15, -0.1) is 0 Å². The Morgan fingerprint density at radius 2 is 1.89 bits per heavy atom. The fraction of sp³-hybridized carbons (Fsp3) is 0.231. The zero-order valence-electron chi connectivity index (χ0n) is 10.4. The highest BCUT2D eigenvalue weighted by Crippen LogP contribution is 2.07. The van der Waals surface area contributed by atoms with Gasteiger partial charge in [0.1, 0.15) is 5.69 Å². The lowest BCUT2D eigenvalue weighted by molar-refractivity contribution is 0.641. The standard InChI is InChI=1S/C13H15N3O2/c1-9-5-3-4-6-10(9)7-16-12(17)11(14)8-15(2)13(16)18/h3-6,8H,7,14H2,1-2H3. The summed E-state index contributed by atoms with van der Waals surface area (Å²) in [5.41, 5.74) is 6.83. The normalized spacial score (nSPS) is 10.6. The minimum absolute atomic E-state index is 0.0747. The SMILES string of the molecule is Cc1ccccc1Cn1c(=O)c(N)cn(C)c1=O. The number of benzene rings is 1. The molecule has 0 unspecified atom stereocenters. The second-order valence-electron chi connectivity index (χ2n) is 4.30. The highest BCUT2D eigenvalue weighted by molar-refractivity contribution is 5.32. The number of hydrogen-bond donors (Lipinski definition) is 1. The van der Waals surface area contributed by atoms with Crippen LogP contribution in [0.4, 0.5) is 5.69 Å². The maximum Gasteiger partial charge on any atom is 0.331 e. The fourth-order valence-corrected chi connectivity index (χ4v) is 1.85. The third-order valence-electron chi connectivity index (χ3n) is 2.95. The molecule has 2 aromatic rings. The van der Waals surface area contributed by atoms with Crippen LogP contribution in [0.2, 0.25) is 0 Å². The molecule has 0 spiro atoms. The number of aromatic nitrogens is 2. The van der Waals surface area contributed by atoms with Gasteiger partial charge in [-0.1, -0.05) is 24.3 Å². The van der Waals surface area contributed by atoms with Crippen molar-refractivity contribution in [2.45, 2.75) is 13.5 Å². The van der Waals surface area contributed by atoms with Crippen LogP contribution in [0, 0.1) is 6.92 Å². The van der Waals surface area contributed by atoms with Gasteiger partial charge < -0.3 is 10.3 Å². The number of nitrogens with two attached hydrogens (primary N) is 1. The Morgan fingerprint density at radius 1 is 1.22 bits per heavy atom. The number of hydrogen-bond acceptors (Lipinski definition) is 3. The van der Waals surface area contributed by atoms with E-state index in [1.807, 2.05) is 31.2 Å². The Kier molecular flexibility index (Phi) is 3.06. The Balaban J connectivity index is 2.57. The van der Waals surface area contributed by atoms with Crippen molar-refractivity contribution >= 4 is 5.69 Å². The number of aryl methyl sites for hydroxylation is 2. The van der Waals surface area contributed by atoms with Crippen LogP contribution < -0.4 is 17.0 Å². The summed E-state index contributed by atoms with van der Waals surface area (Å²) in [5.74, 6) is 0. The van der Waals surface area contributed by atoms with Gasteiger partial charge in [0, 0.05) is 13.2 Å². The topological polar surface area (TPSA) is 70.0 Å². The van der Waals surface area contributed by atoms with Crippen molar-refractivity contribution < 1.29 is 0 Å². The van der Waals surface area contributed by atoms with E-state index in [9.17, 15) is 9.59 Å². The molecule has 1 aromatic heterocycles. The van der Waals surface area contributed by atoms with E-state index < -0.39 is 5.56 Å². The summed E-state index contributed by atoms with van der Waals surface area (Å²) in [6.45, 7) is 2.18. The molecule has 2 N–H and O–H groups in total. The lowest BCUT2D eigenvalue weighted by atomic mass is 10.1. The molecule has 1 heterocycles. The van der Waals surface area contributed by atoms with Crippen LogP contribution in [0.3, 0.4) is 0 Å². The first-order valence-electron chi connectivity index (χ1n) is 5.61. The smallest absolute Gasteiger partial charge is 0.331 e. The van der Waals surface area contributed by atoms with E-state index >= 15 is 0 Å². The van der Waals surface area contributed by atoms with E-state index in [-0.39, 0.29) is 17.9 Å². The van der Waals surface area contributed by atoms with Crippen molar-refractivity contribution in [3.05, 3.63) is 62.4 Å². The predicted molar refractivity (Wildman–Crippen MR) is 70.6 cm³/mol. The number of rotatable bonds is 2. The zero-order valence-corrected chi connectivity index (χ0v) is 10.4. The van der Waals surface area contributed by atoms with Crippen molar-refractivity contribution in [2.24, 2.45) is 7.05 Å². The zero-order chi connectivity index (χ0) is 13.3. The average Bonchev–Trinajstić information content (AvgIpc) is 2.34. The van der Waals surface area contributed by atoms with Crippen LogP contribution in [-0.2, 0) is 13.6 Å². The minimum Gasteiger partial charge on any atom is -0.393 e. The van der Waals surface area contributed by atoms with E-state index in [2.05, 4.69) is 0 Å². The lowest BCUT2D eigenvalue weighted by Gasteiger charge is -2.10. The van der Waals surface area contributed by atoms with Gasteiger partial charge in [0.05, 0.1) is 6.54 Å². The first kappa shape index (κ1) is 12.2. The molecule has 0 radical (unpaired) electrons. The molecule has 0 aliphatic heterocycles. The Hall–Kier alpha value is -2.30. The van der Waals surface area contributed by atoms with Gasteiger partial charge in [0.15, 0.2) is 0 Å². The predicted octanol–water partition coefficient (Wildman–Crippen LogP) is 0.486. The molecule has 0 amide bonds. The van der Waals surface area contributed by atoms with Gasteiger partial charge in [-0.2, -0.15) is 0 Å². The number of nitrogens with zero attached hydrogens (tertiary/aromatic N) is 2. The first-order valence-corrected chi connectivity index (χ1v) is 5.61. The molecule has 0 fully saturated rings. The molecule has 0 atom stereocenters. The Labute approximate surface area is 104 Å². The van der Waals surface area contributed by atoms with Crippen LogP contribution in [0.1, 0.15) is 11.1 Å². The summed E-state index contributed by atoms with van der Waals surface area (Å²) in [4.78, 5) is 23.8. The number of anilines is 1. The molecule has 18 heavy (non-hydrogen) atoms. The molecule has 1 aromatic carbocycles. The van der Waals surface area contributed by atoms with Crippen LogP contribution in [0.25, 0.3) is 0 Å². The molecular weight excluding hydrogens is 230 g/mol. The molecular formula is C13H15N3O2. The van der Waals surface area contributed by atoms with Crippen LogP contribution >= 0.6 is 0 Å². The van der Waals surface area contributed by atoms with E-state index in [4.69, 9.17) is 5.73 Å². The molecule has 0 aliphatic rings. The van der Waals surface area contributed by atoms with E-state index in [0.29, 0.717) is 0 Å². The van der Waals surface area contributed by atoms with Crippen molar-refractivity contribution in [3.63, 3.8) is 0 Å². The molecule has 0 aliphatic carbocycles. The Morgan fingerprint density at radius 3 is 2.56 bits per heavy atom. The van der Waals surface area contributed by atoms with E-state index in [0.717, 1.165) is 15.7 Å². The van der Waals surface area contributed by atoms with E-state index in [1.165, 1.54) is 10.8 Å². The van der Waals surface area contributed by atoms with E-state index in [1.54, 1.807) is 7.05 Å². The summed E-state index contributed by atoms with van der Waals surface area (Å²) < 4.78 is 2.46. The highest BCUT2D eigenvalue weighted by Gasteiger charge is 2.08. The maximum atomic E-state index is 11.9. The molecule has 94 valence electrons. The van der Waals surface area contributed by atoms with Gasteiger partial charge in [0.25, 0.3) is 5.56 Å². The second-order valence-corrected chi connectivity index (χ2v) is 4.30. The van der Waals surface area contributed by atoms with Crippen molar-refractivity contribution in [2.75, 3.05) is 5.73 Å². The highest BCUT2D eigenvalue weighted by atomic mass is 16.2. The van der Waals surface area contributed by atoms with Crippen molar-refractivity contribution in [1.29, 1.82) is 0 Å². The minimum atomic E-state index is -0.443. The lowest BCUT2D eigenvalue weighted by Crippen LogP contribution is -2.40. The summed E-state index contributed by atoms with van der Waals surface area (Å²) in [6, 6.07) is 7.63. The fourth-order valence-electron chi connectivity index (χ4n) is 1.85. The second kappa shape index (κ2) is 4.52. The molecule has 5 heteroatoms. The van der Waals surface area contributed by atoms with Crippen LogP contribution in [0.5, 0.6) is 0 Å². The quantitative estimate of drug-likeness (QED) is 0.837. The van der Waals surface area contributed by atoms with Crippen LogP contribution in [0.15, 0.2) is 40.1 Å². The van der Waals surface area contributed by atoms with Crippen LogP contribution in [-0.4, -0.2) is 9.13 Å². The van der Waals surface area contributed by atoms with Gasteiger partial charge in [-0.3, -0.25) is 9.36 Å². The molecule has 0 saturated heterocycles. The van der Waals surface area contributed by atoms with Gasteiger partial charge >= 0.3 is 5.69 Å². The summed E-state index contributed by atoms with van der Waals surface area (Å²) in [5, 5.41) is 0. The van der Waals surface area contributed by atoms with Gasteiger partial charge in [-0.25, -0.2) is 4.79 Å². The van der Waals surface area contributed by atoms with Gasteiger partial charge in [0.2, 0.25) is 0 Å².